The van der Waals surface area contributed by atoms with Gasteiger partial charge in [0.25, 0.3) is 5.91 Å². The van der Waals surface area contributed by atoms with Gasteiger partial charge in [0, 0.05) is 37.9 Å². The minimum Gasteiger partial charge on any atom is -0.493 e. The van der Waals surface area contributed by atoms with Crippen molar-refractivity contribution in [2.75, 3.05) is 38.8 Å². The monoisotopic (exact) mass is 380 g/mol. The molecule has 0 fully saturated rings. The molecule has 7 heteroatoms. The molecular formula is C19H25ClN2O4. The number of ether oxygens (including phenoxy) is 3. The summed E-state index contributed by atoms with van der Waals surface area (Å²) in [5, 5.41) is 2.85. The van der Waals surface area contributed by atoms with E-state index in [4.69, 9.17) is 19.9 Å². The molecule has 0 atom stereocenters. The van der Waals surface area contributed by atoms with E-state index >= 15 is 0 Å². The molecule has 0 bridgehead atoms. The van der Waals surface area contributed by atoms with Gasteiger partial charge in [-0.05, 0) is 42.5 Å². The molecule has 1 amide bonds. The third kappa shape index (κ3) is 7.31. The Kier molecular flexibility index (Phi) is 10.2. The van der Waals surface area contributed by atoms with Crippen molar-refractivity contribution < 1.29 is 19.0 Å². The Morgan fingerprint density at radius 1 is 1.00 bits per heavy atom. The smallest absolute Gasteiger partial charge is 0.255 e. The molecule has 0 unspecified atom stereocenters. The average Bonchev–Trinajstić information content (AvgIpc) is 2.65. The molecule has 2 aromatic carbocycles. The number of nitrogens with two attached hydrogens (primary N) is 1. The Hall–Kier alpha value is -2.28. The Morgan fingerprint density at radius 3 is 2.42 bits per heavy atom. The van der Waals surface area contributed by atoms with Crippen molar-refractivity contribution in [3.05, 3.63) is 54.1 Å². The number of carbonyl (C=O) groups is 1. The Labute approximate surface area is 160 Å². The highest BCUT2D eigenvalue weighted by Crippen LogP contribution is 2.18. The maximum Gasteiger partial charge on any atom is 0.255 e. The number of methoxy groups -OCH3 is 1. The summed E-state index contributed by atoms with van der Waals surface area (Å²) in [7, 11) is 1.65. The van der Waals surface area contributed by atoms with Crippen LogP contribution in [0.4, 0.5) is 5.69 Å². The van der Waals surface area contributed by atoms with E-state index in [-0.39, 0.29) is 18.3 Å². The van der Waals surface area contributed by atoms with E-state index in [0.717, 1.165) is 12.2 Å². The summed E-state index contributed by atoms with van der Waals surface area (Å²) in [5.74, 6) is 1.18. The van der Waals surface area contributed by atoms with Crippen LogP contribution in [0.25, 0.3) is 0 Å². The van der Waals surface area contributed by atoms with E-state index in [9.17, 15) is 4.79 Å². The molecule has 0 aliphatic rings. The van der Waals surface area contributed by atoms with E-state index in [1.165, 1.54) is 0 Å². The highest BCUT2D eigenvalue weighted by Gasteiger charge is 2.07. The summed E-state index contributed by atoms with van der Waals surface area (Å²) in [6, 6.07) is 14.2. The third-order valence-corrected chi connectivity index (χ3v) is 3.36. The number of carbonyl (C=O) groups excluding carboxylic acids is 1. The van der Waals surface area contributed by atoms with E-state index in [1.807, 2.05) is 6.07 Å². The molecule has 0 spiro atoms. The van der Waals surface area contributed by atoms with Gasteiger partial charge in [-0.3, -0.25) is 4.79 Å². The van der Waals surface area contributed by atoms with E-state index in [0.29, 0.717) is 43.4 Å². The summed E-state index contributed by atoms with van der Waals surface area (Å²) in [6.45, 7) is 2.11. The standard InChI is InChI=1S/C19H24N2O4.ClH/c1-23-11-3-12-24-18-5-2-4-15(14-18)19(22)21-16-6-8-17(9-7-16)25-13-10-20;/h2,4-9,14H,3,10-13,20H2,1H3,(H,21,22);1H. The van der Waals surface area contributed by atoms with Crippen LogP contribution in [0, 0.1) is 0 Å². The van der Waals surface area contributed by atoms with Gasteiger partial charge >= 0.3 is 0 Å². The van der Waals surface area contributed by atoms with Crippen molar-refractivity contribution in [2.45, 2.75) is 6.42 Å². The van der Waals surface area contributed by atoms with Crippen LogP contribution in [0.2, 0.25) is 0 Å². The number of hydrogen-bond donors (Lipinski definition) is 2. The van der Waals surface area contributed by atoms with Crippen LogP contribution in [-0.4, -0.2) is 39.4 Å². The van der Waals surface area contributed by atoms with Crippen LogP contribution in [0.1, 0.15) is 16.8 Å². The lowest BCUT2D eigenvalue weighted by molar-refractivity contribution is 0.102. The molecule has 2 aromatic rings. The lowest BCUT2D eigenvalue weighted by Crippen LogP contribution is -2.12. The fourth-order valence-corrected chi connectivity index (χ4v) is 2.13. The van der Waals surface area contributed by atoms with Gasteiger partial charge < -0.3 is 25.3 Å². The molecule has 0 aliphatic heterocycles. The predicted molar refractivity (Wildman–Crippen MR) is 105 cm³/mol. The summed E-state index contributed by atoms with van der Waals surface area (Å²) in [6.07, 6.45) is 0.797. The first-order chi connectivity index (χ1) is 12.2. The van der Waals surface area contributed by atoms with Gasteiger partial charge in [0.1, 0.15) is 18.1 Å². The number of anilines is 1. The van der Waals surface area contributed by atoms with Gasteiger partial charge in [-0.2, -0.15) is 0 Å². The fraction of sp³-hybridized carbons (Fsp3) is 0.316. The van der Waals surface area contributed by atoms with Crippen LogP contribution in [0.3, 0.4) is 0 Å². The van der Waals surface area contributed by atoms with Gasteiger partial charge in [0.05, 0.1) is 6.61 Å². The number of hydrogen-bond acceptors (Lipinski definition) is 5. The second-order valence-electron chi connectivity index (χ2n) is 5.34. The van der Waals surface area contributed by atoms with Crippen LogP contribution in [0.15, 0.2) is 48.5 Å². The molecule has 0 heterocycles. The highest BCUT2D eigenvalue weighted by molar-refractivity contribution is 6.04. The van der Waals surface area contributed by atoms with Crippen LogP contribution in [0.5, 0.6) is 11.5 Å². The van der Waals surface area contributed by atoms with Crippen LogP contribution in [-0.2, 0) is 4.74 Å². The van der Waals surface area contributed by atoms with E-state index in [2.05, 4.69) is 5.32 Å². The summed E-state index contributed by atoms with van der Waals surface area (Å²) < 4.78 is 16.0. The van der Waals surface area contributed by atoms with Gasteiger partial charge in [-0.25, -0.2) is 0 Å². The Balaban J connectivity index is 0.00000338. The van der Waals surface area contributed by atoms with Crippen molar-refractivity contribution in [3.63, 3.8) is 0 Å². The summed E-state index contributed by atoms with van der Waals surface area (Å²) in [4.78, 5) is 12.4. The van der Waals surface area contributed by atoms with Crippen molar-refractivity contribution in [1.82, 2.24) is 0 Å². The minimum atomic E-state index is -0.196. The first-order valence-electron chi connectivity index (χ1n) is 8.19. The first-order valence-corrected chi connectivity index (χ1v) is 8.19. The Morgan fingerprint density at radius 2 is 1.73 bits per heavy atom. The molecule has 0 saturated heterocycles. The highest BCUT2D eigenvalue weighted by atomic mass is 35.5. The SMILES string of the molecule is COCCCOc1cccc(C(=O)Nc2ccc(OCCN)cc2)c1.Cl. The normalized spacial score (nSPS) is 9.92. The second-order valence-corrected chi connectivity index (χ2v) is 5.34. The van der Waals surface area contributed by atoms with Crippen LogP contribution < -0.4 is 20.5 Å². The zero-order chi connectivity index (χ0) is 17.9. The lowest BCUT2D eigenvalue weighted by atomic mass is 10.2. The molecule has 0 saturated carbocycles. The molecule has 0 aromatic heterocycles. The molecule has 0 radical (unpaired) electrons. The molecular weight excluding hydrogens is 356 g/mol. The number of benzene rings is 2. The third-order valence-electron chi connectivity index (χ3n) is 3.36. The minimum absolute atomic E-state index is 0. The van der Waals surface area contributed by atoms with E-state index in [1.54, 1.807) is 49.6 Å². The fourth-order valence-electron chi connectivity index (χ4n) is 2.13. The van der Waals surface area contributed by atoms with Crippen molar-refractivity contribution in [2.24, 2.45) is 5.73 Å². The average molecular weight is 381 g/mol. The number of amides is 1. The van der Waals surface area contributed by atoms with Crippen molar-refractivity contribution in [3.8, 4) is 11.5 Å². The molecule has 0 aliphatic carbocycles. The van der Waals surface area contributed by atoms with Gasteiger partial charge in [-0.1, -0.05) is 6.07 Å². The largest absolute Gasteiger partial charge is 0.493 e. The number of nitrogens with one attached hydrogen (secondary N) is 1. The lowest BCUT2D eigenvalue weighted by Gasteiger charge is -2.09. The quantitative estimate of drug-likeness (QED) is 0.619. The van der Waals surface area contributed by atoms with Crippen molar-refractivity contribution >= 4 is 24.0 Å². The zero-order valence-corrected chi connectivity index (χ0v) is 15.6. The summed E-state index contributed by atoms with van der Waals surface area (Å²) >= 11 is 0. The van der Waals surface area contributed by atoms with Gasteiger partial charge in [0.15, 0.2) is 0 Å². The maximum atomic E-state index is 12.4. The Bertz CT molecular complexity index is 665. The van der Waals surface area contributed by atoms with E-state index < -0.39 is 0 Å². The van der Waals surface area contributed by atoms with Gasteiger partial charge in [-0.15, -0.1) is 12.4 Å². The number of rotatable bonds is 10. The molecule has 26 heavy (non-hydrogen) atoms. The molecule has 6 nitrogen and oxygen atoms in total. The van der Waals surface area contributed by atoms with Crippen molar-refractivity contribution in [1.29, 1.82) is 0 Å². The molecule has 3 N–H and O–H groups in total. The zero-order valence-electron chi connectivity index (χ0n) is 14.8. The summed E-state index contributed by atoms with van der Waals surface area (Å²) in [5.41, 5.74) is 6.62. The first kappa shape index (κ1) is 21.8. The van der Waals surface area contributed by atoms with Crippen LogP contribution >= 0.6 is 12.4 Å². The topological polar surface area (TPSA) is 82.8 Å². The molecule has 2 rings (SSSR count). The molecule has 142 valence electrons. The van der Waals surface area contributed by atoms with Gasteiger partial charge in [0.2, 0.25) is 0 Å². The number of halogens is 1. The second kappa shape index (κ2) is 12.1. The maximum absolute atomic E-state index is 12.4. The predicted octanol–water partition coefficient (Wildman–Crippen LogP) is 3.11.